The van der Waals surface area contributed by atoms with Crippen LogP contribution in [0.3, 0.4) is 0 Å². The summed E-state index contributed by atoms with van der Waals surface area (Å²) in [4.78, 5) is 30.4. The van der Waals surface area contributed by atoms with Crippen molar-refractivity contribution >= 4 is 67.8 Å². The average Bonchev–Trinajstić information content (AvgIpc) is 2.88. The Morgan fingerprint density at radius 1 is 1.13 bits per heavy atom. The van der Waals surface area contributed by atoms with Crippen molar-refractivity contribution in [2.45, 2.75) is 26.2 Å². The fourth-order valence-electron chi connectivity index (χ4n) is 3.69. The van der Waals surface area contributed by atoms with Gasteiger partial charge in [-0.1, -0.05) is 59.9 Å². The van der Waals surface area contributed by atoms with Crippen molar-refractivity contribution in [3.63, 3.8) is 0 Å². The highest BCUT2D eigenvalue weighted by Crippen LogP contribution is 2.36. The molecule has 11 heteroatoms. The van der Waals surface area contributed by atoms with Crippen LogP contribution in [0, 0.1) is 0 Å². The summed E-state index contributed by atoms with van der Waals surface area (Å²) in [5, 5.41) is 8.39. The Balaban J connectivity index is 1.61. The number of benzene rings is 3. The largest absolute Gasteiger partial charge is 0.493 e. The molecule has 1 amide bonds. The topological polar surface area (TPSA) is 94.8 Å². The first-order valence-electron chi connectivity index (χ1n) is 11.8. The van der Waals surface area contributed by atoms with Crippen LogP contribution in [0.5, 0.6) is 11.5 Å². The summed E-state index contributed by atoms with van der Waals surface area (Å²) >= 11 is 15.8. The van der Waals surface area contributed by atoms with Crippen molar-refractivity contribution in [2.75, 3.05) is 19.0 Å². The van der Waals surface area contributed by atoms with Crippen LogP contribution >= 0.6 is 39.1 Å². The number of nitrogens with one attached hydrogen (secondary N) is 1. The Hall–Kier alpha value is -3.40. The first-order valence-corrected chi connectivity index (χ1v) is 13.3. The molecule has 4 aromatic rings. The Morgan fingerprint density at radius 2 is 1.85 bits per heavy atom. The molecule has 0 saturated heterocycles. The van der Waals surface area contributed by atoms with E-state index in [1.165, 1.54) is 18.0 Å². The van der Waals surface area contributed by atoms with Gasteiger partial charge in [-0.15, -0.1) is 0 Å². The lowest BCUT2D eigenvalue weighted by Crippen LogP contribution is -2.29. The smallest absolute Gasteiger partial charge is 0.282 e. The molecule has 1 N–H and O–H groups in total. The number of fused-ring (bicyclic) bond motifs is 1. The van der Waals surface area contributed by atoms with Gasteiger partial charge in [0, 0.05) is 20.6 Å². The lowest BCUT2D eigenvalue weighted by molar-refractivity contribution is -0.118. The number of hydrogen-bond donors (Lipinski definition) is 1. The summed E-state index contributed by atoms with van der Waals surface area (Å²) in [6.45, 7) is 5.58. The fraction of sp³-hybridized carbons (Fsp3) is 0.214. The number of hydrogen-bond acceptors (Lipinski definition) is 6. The molecule has 0 bridgehead atoms. The molecule has 8 nitrogen and oxygen atoms in total. The van der Waals surface area contributed by atoms with Crippen molar-refractivity contribution in [1.29, 1.82) is 0 Å². The van der Waals surface area contributed by atoms with E-state index in [9.17, 15) is 9.59 Å². The molecular weight excluding hydrogens is 607 g/mol. The predicted octanol–water partition coefficient (Wildman–Crippen LogP) is 6.67. The Labute approximate surface area is 243 Å². The third-order valence-electron chi connectivity index (χ3n) is 5.53. The number of nitrogens with zero attached hydrogens (tertiary/aromatic N) is 3. The second-order valence-corrected chi connectivity index (χ2v) is 11.3. The number of carbonyl (C=O) groups is 1. The molecule has 0 aliphatic rings. The van der Waals surface area contributed by atoms with Gasteiger partial charge < -0.3 is 14.8 Å². The van der Waals surface area contributed by atoms with Gasteiger partial charge >= 0.3 is 0 Å². The van der Waals surface area contributed by atoms with Crippen molar-refractivity contribution in [1.82, 2.24) is 9.66 Å². The number of rotatable bonds is 7. The van der Waals surface area contributed by atoms with Crippen LogP contribution < -0.4 is 20.3 Å². The number of halogens is 3. The highest BCUT2D eigenvalue weighted by Gasteiger charge is 2.23. The monoisotopic (exact) mass is 630 g/mol. The van der Waals surface area contributed by atoms with Gasteiger partial charge in [-0.3, -0.25) is 9.59 Å². The summed E-state index contributed by atoms with van der Waals surface area (Å²) in [7, 11) is 1.46. The van der Waals surface area contributed by atoms with Crippen LogP contribution in [0.25, 0.3) is 10.9 Å². The van der Waals surface area contributed by atoms with Gasteiger partial charge in [0.25, 0.3) is 11.5 Å². The number of amides is 1. The van der Waals surface area contributed by atoms with Gasteiger partial charge in [0.05, 0.1) is 29.2 Å². The molecule has 4 rings (SSSR count). The first-order chi connectivity index (χ1) is 18.5. The van der Waals surface area contributed by atoms with E-state index >= 15 is 0 Å². The van der Waals surface area contributed by atoms with Crippen molar-refractivity contribution in [3.8, 4) is 11.5 Å². The number of methoxy groups -OCH3 is 1. The first kappa shape index (κ1) is 28.6. The number of anilines is 1. The van der Waals surface area contributed by atoms with E-state index in [4.69, 9.17) is 37.7 Å². The van der Waals surface area contributed by atoms with Gasteiger partial charge in [0.1, 0.15) is 5.82 Å². The molecule has 1 heterocycles. The molecule has 39 heavy (non-hydrogen) atoms. The molecule has 0 atom stereocenters. The Bertz CT molecular complexity index is 1630. The van der Waals surface area contributed by atoms with Crippen LogP contribution in [0.1, 0.15) is 32.2 Å². The zero-order valence-corrected chi connectivity index (χ0v) is 24.7. The highest BCUT2D eigenvalue weighted by molar-refractivity contribution is 9.10. The molecule has 0 saturated carbocycles. The zero-order valence-electron chi connectivity index (χ0n) is 21.6. The van der Waals surface area contributed by atoms with Gasteiger partial charge in [-0.25, -0.2) is 4.98 Å². The number of aromatic nitrogens is 2. The minimum Gasteiger partial charge on any atom is -0.493 e. The van der Waals surface area contributed by atoms with E-state index in [0.29, 0.717) is 38.8 Å². The third-order valence-corrected chi connectivity index (χ3v) is 6.55. The molecule has 0 radical (unpaired) electrons. The highest BCUT2D eigenvalue weighted by atomic mass is 79.9. The molecule has 0 aliphatic heterocycles. The zero-order chi connectivity index (χ0) is 28.3. The van der Waals surface area contributed by atoms with Gasteiger partial charge in [-0.05, 0) is 60.2 Å². The summed E-state index contributed by atoms with van der Waals surface area (Å²) in [6, 6.07) is 15.3. The van der Waals surface area contributed by atoms with E-state index < -0.39 is 5.41 Å². The molecule has 0 aliphatic carbocycles. The Morgan fingerprint density at radius 3 is 2.51 bits per heavy atom. The fourth-order valence-corrected chi connectivity index (χ4v) is 4.45. The molecular formula is C28H25BrCl2N4O4. The summed E-state index contributed by atoms with van der Waals surface area (Å²) in [5.74, 6) is 0.619. The maximum absolute atomic E-state index is 13.4. The van der Waals surface area contributed by atoms with Crippen molar-refractivity contribution in [3.05, 3.63) is 90.9 Å². The summed E-state index contributed by atoms with van der Waals surface area (Å²) < 4.78 is 13.2. The Kier molecular flexibility index (Phi) is 8.64. The average molecular weight is 632 g/mol. The summed E-state index contributed by atoms with van der Waals surface area (Å²) in [6.07, 6.45) is 1.49. The maximum Gasteiger partial charge on any atom is 0.282 e. The SMILES string of the molecule is COc1cc(C=Nn2c(C(C)(C)C)nc3ccc(Br)cc3c2=O)cc(Cl)c1OCC(=O)Nc1ccc(Cl)cc1. The number of ether oxygens (including phenoxy) is 2. The second kappa shape index (κ2) is 11.8. The van der Waals surface area contributed by atoms with Crippen molar-refractivity contribution in [2.24, 2.45) is 5.10 Å². The summed E-state index contributed by atoms with van der Waals surface area (Å²) in [5.41, 5.74) is 0.962. The minimum absolute atomic E-state index is 0.201. The molecule has 0 fully saturated rings. The van der Waals surface area contributed by atoms with E-state index in [0.717, 1.165) is 4.47 Å². The van der Waals surface area contributed by atoms with Gasteiger partial charge in [-0.2, -0.15) is 9.78 Å². The van der Waals surface area contributed by atoms with Crippen LogP contribution in [-0.2, 0) is 10.2 Å². The quantitative estimate of drug-likeness (QED) is 0.230. The van der Waals surface area contributed by atoms with E-state index in [1.54, 1.807) is 48.5 Å². The molecule has 3 aromatic carbocycles. The van der Waals surface area contributed by atoms with E-state index in [-0.39, 0.29) is 28.8 Å². The van der Waals surface area contributed by atoms with Crippen LogP contribution in [0.15, 0.2) is 69.0 Å². The van der Waals surface area contributed by atoms with Gasteiger partial charge in [0.2, 0.25) is 0 Å². The van der Waals surface area contributed by atoms with Crippen LogP contribution in [0.4, 0.5) is 5.69 Å². The van der Waals surface area contributed by atoms with E-state index in [2.05, 4.69) is 26.3 Å². The molecule has 202 valence electrons. The molecule has 0 spiro atoms. The lowest BCUT2D eigenvalue weighted by Gasteiger charge is -2.21. The van der Waals surface area contributed by atoms with Crippen molar-refractivity contribution < 1.29 is 14.3 Å². The maximum atomic E-state index is 13.4. The lowest BCUT2D eigenvalue weighted by atomic mass is 9.95. The molecule has 1 aromatic heterocycles. The van der Waals surface area contributed by atoms with Crippen LogP contribution in [0.2, 0.25) is 10.0 Å². The standard InChI is InChI=1S/C28H25BrCl2N4O4/c1-28(2,3)27-34-22-10-5-17(29)13-20(22)26(37)35(27)32-14-16-11-21(31)25(23(12-16)38-4)39-15-24(36)33-19-8-6-18(30)7-9-19/h5-14H,15H2,1-4H3,(H,33,36). The second-order valence-electron chi connectivity index (χ2n) is 9.59. The van der Waals surface area contributed by atoms with E-state index in [1.807, 2.05) is 26.8 Å². The normalized spacial score (nSPS) is 11.7. The predicted molar refractivity (Wildman–Crippen MR) is 159 cm³/mol. The third kappa shape index (κ3) is 6.79. The van der Waals surface area contributed by atoms with Crippen LogP contribution in [-0.4, -0.2) is 35.5 Å². The molecule has 0 unspecified atom stereocenters. The minimum atomic E-state index is -0.461. The number of carbonyl (C=O) groups excluding carboxylic acids is 1. The van der Waals surface area contributed by atoms with Gasteiger partial charge in [0.15, 0.2) is 18.1 Å².